The van der Waals surface area contributed by atoms with Crippen LogP contribution >= 0.6 is 0 Å². The number of rotatable bonds is 2. The topological polar surface area (TPSA) is 40.1 Å². The van der Waals surface area contributed by atoms with Gasteiger partial charge in [-0.3, -0.25) is 4.79 Å². The van der Waals surface area contributed by atoms with Gasteiger partial charge in [0.2, 0.25) is 0 Å². The summed E-state index contributed by atoms with van der Waals surface area (Å²) in [7, 11) is 0. The first kappa shape index (κ1) is 13.3. The fraction of sp³-hybridized carbons (Fsp3) is 0. The van der Waals surface area contributed by atoms with Gasteiger partial charge in [-0.15, -0.1) is 6.26 Å². The minimum atomic E-state index is -0.969. The van der Waals surface area contributed by atoms with Crippen molar-refractivity contribution in [3.05, 3.63) is 47.7 Å². The van der Waals surface area contributed by atoms with Gasteiger partial charge in [0.15, 0.2) is 5.78 Å². The number of halogens is 2. The van der Waals surface area contributed by atoms with E-state index < -0.39 is 17.4 Å². The maximum atomic E-state index is 12.8. The largest absolute Gasteiger partial charge is 1.00 e. The number of hydrogen-bond acceptors (Lipinski definition) is 2. The number of carbonyl (C=O) groups excluding carboxylic acids is 1. The van der Waals surface area contributed by atoms with Gasteiger partial charge in [-0.25, -0.2) is 8.78 Å². The van der Waals surface area contributed by atoms with Crippen molar-refractivity contribution in [3.63, 3.8) is 0 Å². The Kier molecular flexibility index (Phi) is 5.60. The summed E-state index contributed by atoms with van der Waals surface area (Å²) in [6.45, 7) is 0. The molecule has 0 fully saturated rings. The van der Waals surface area contributed by atoms with Crippen LogP contribution < -0.4 is 34.7 Å². The molecule has 0 heterocycles. The number of hydrogen-bond donors (Lipinski definition) is 0. The van der Waals surface area contributed by atoms with Gasteiger partial charge in [0.25, 0.3) is 0 Å². The third-order valence-corrected chi connectivity index (χ3v) is 1.42. The first-order valence-electron chi connectivity index (χ1n) is 3.43. The maximum absolute atomic E-state index is 12.8. The number of benzene rings is 1. The number of ketones is 1. The van der Waals surface area contributed by atoms with Gasteiger partial charge in [-0.2, -0.15) is 0 Å². The normalized spacial score (nSPS) is 9.86. The van der Waals surface area contributed by atoms with Crippen LogP contribution in [-0.2, 0) is 0 Å². The van der Waals surface area contributed by atoms with E-state index in [-0.39, 0.29) is 41.4 Å². The van der Waals surface area contributed by atoms with E-state index in [0.29, 0.717) is 12.1 Å². The van der Waals surface area contributed by atoms with E-state index in [0.717, 1.165) is 12.1 Å². The predicted molar refractivity (Wildman–Crippen MR) is 39.8 cm³/mol. The average Bonchev–Trinajstić information content (AvgIpc) is 2.04. The molecule has 1 rings (SSSR count). The van der Waals surface area contributed by atoms with Gasteiger partial charge in [-0.1, -0.05) is 0 Å². The van der Waals surface area contributed by atoms with Crippen LogP contribution in [-0.4, -0.2) is 5.78 Å². The first-order chi connectivity index (χ1) is 6.15. The standard InChI is InChI=1S/C9H6F2O2.Na/c10-6-1-2-7(8(11)5-6)9(13)3-4-12;/h1-5,12H;/q;+1/p-1. The Morgan fingerprint density at radius 3 is 2.50 bits per heavy atom. The quantitative estimate of drug-likeness (QED) is 0.243. The van der Waals surface area contributed by atoms with E-state index in [2.05, 4.69) is 0 Å². The number of carbonyl (C=O) groups is 1. The molecule has 0 saturated carbocycles. The Hall–Kier alpha value is -0.710. The van der Waals surface area contributed by atoms with Crippen LogP contribution in [0.2, 0.25) is 0 Å². The summed E-state index contributed by atoms with van der Waals surface area (Å²) in [5.41, 5.74) is -0.312. The molecule has 0 aliphatic rings. The van der Waals surface area contributed by atoms with Gasteiger partial charge in [0.05, 0.1) is 5.56 Å². The molecule has 0 N–H and O–H groups in total. The molecule has 0 saturated heterocycles. The van der Waals surface area contributed by atoms with E-state index in [1.165, 1.54) is 0 Å². The van der Waals surface area contributed by atoms with Crippen molar-refractivity contribution in [1.29, 1.82) is 0 Å². The second-order valence-corrected chi connectivity index (χ2v) is 2.29. The van der Waals surface area contributed by atoms with Crippen molar-refractivity contribution < 1.29 is 48.2 Å². The second-order valence-electron chi connectivity index (χ2n) is 2.29. The third kappa shape index (κ3) is 3.21. The fourth-order valence-electron chi connectivity index (χ4n) is 0.841. The van der Waals surface area contributed by atoms with E-state index >= 15 is 0 Å². The molecule has 0 aliphatic carbocycles. The summed E-state index contributed by atoms with van der Waals surface area (Å²) >= 11 is 0. The molecule has 0 spiro atoms. The molecule has 14 heavy (non-hydrogen) atoms. The summed E-state index contributed by atoms with van der Waals surface area (Å²) in [4.78, 5) is 10.9. The monoisotopic (exact) mass is 206 g/mol. The van der Waals surface area contributed by atoms with Gasteiger partial charge < -0.3 is 5.11 Å². The Balaban J connectivity index is 0.00000169. The van der Waals surface area contributed by atoms with Crippen LogP contribution in [0.3, 0.4) is 0 Å². The SMILES string of the molecule is O=C(C=C[O-])c1ccc(F)cc1F.[Na+]. The van der Waals surface area contributed by atoms with E-state index in [1.54, 1.807) is 0 Å². The van der Waals surface area contributed by atoms with Crippen LogP contribution in [0, 0.1) is 11.6 Å². The van der Waals surface area contributed by atoms with Gasteiger partial charge in [0.1, 0.15) is 11.6 Å². The molecule has 0 radical (unpaired) electrons. The second kappa shape index (κ2) is 5.90. The van der Waals surface area contributed by atoms with Crippen LogP contribution in [0.15, 0.2) is 30.5 Å². The molecule has 0 aromatic heterocycles. The van der Waals surface area contributed by atoms with Crippen LogP contribution in [0.5, 0.6) is 0 Å². The summed E-state index contributed by atoms with van der Waals surface area (Å²) < 4.78 is 25.2. The van der Waals surface area contributed by atoms with E-state index in [4.69, 9.17) is 0 Å². The predicted octanol–water partition coefficient (Wildman–Crippen LogP) is -1.97. The van der Waals surface area contributed by atoms with Crippen molar-refractivity contribution >= 4 is 5.78 Å². The minimum Gasteiger partial charge on any atom is -0.878 e. The Morgan fingerprint density at radius 1 is 1.36 bits per heavy atom. The summed E-state index contributed by atoms with van der Waals surface area (Å²) in [5.74, 6) is -2.50. The minimum absolute atomic E-state index is 0. The molecule has 0 unspecified atom stereocenters. The molecule has 68 valence electrons. The number of allylic oxidation sites excluding steroid dienone is 1. The third-order valence-electron chi connectivity index (χ3n) is 1.42. The van der Waals surface area contributed by atoms with Crippen molar-refractivity contribution in [2.45, 2.75) is 0 Å². The molecular weight excluding hydrogens is 201 g/mol. The van der Waals surface area contributed by atoms with Crippen LogP contribution in [0.25, 0.3) is 0 Å². The molecule has 2 nitrogen and oxygen atoms in total. The van der Waals surface area contributed by atoms with Gasteiger partial charge in [-0.05, 0) is 18.2 Å². The molecule has 0 amide bonds. The summed E-state index contributed by atoms with van der Waals surface area (Å²) in [6, 6.07) is 2.54. The summed E-state index contributed by atoms with van der Waals surface area (Å²) in [5, 5.41) is 9.89. The molecule has 1 aromatic carbocycles. The molecular formula is C9H5F2NaO2. The van der Waals surface area contributed by atoms with Crippen molar-refractivity contribution in [1.82, 2.24) is 0 Å². The zero-order valence-corrected chi connectivity index (χ0v) is 9.46. The zero-order valence-electron chi connectivity index (χ0n) is 7.46. The van der Waals surface area contributed by atoms with E-state index in [9.17, 15) is 18.7 Å². The van der Waals surface area contributed by atoms with Crippen LogP contribution in [0.1, 0.15) is 10.4 Å². The fourth-order valence-corrected chi connectivity index (χ4v) is 0.841. The van der Waals surface area contributed by atoms with Crippen molar-refractivity contribution in [2.75, 3.05) is 0 Å². The Bertz CT molecular complexity index is 364. The van der Waals surface area contributed by atoms with Crippen molar-refractivity contribution in [2.24, 2.45) is 0 Å². The van der Waals surface area contributed by atoms with Gasteiger partial charge in [0, 0.05) is 6.07 Å². The summed E-state index contributed by atoms with van der Waals surface area (Å²) in [6.07, 6.45) is 0.932. The van der Waals surface area contributed by atoms with Gasteiger partial charge >= 0.3 is 29.6 Å². The maximum Gasteiger partial charge on any atom is 1.00 e. The molecule has 0 atom stereocenters. The Labute approximate surface area is 102 Å². The zero-order chi connectivity index (χ0) is 9.84. The molecule has 0 aliphatic heterocycles. The van der Waals surface area contributed by atoms with E-state index in [1.807, 2.05) is 0 Å². The smallest absolute Gasteiger partial charge is 0.878 e. The van der Waals surface area contributed by atoms with Crippen molar-refractivity contribution in [3.8, 4) is 0 Å². The molecule has 5 heteroatoms. The molecule has 0 bridgehead atoms. The average molecular weight is 206 g/mol. The van der Waals surface area contributed by atoms with Crippen LogP contribution in [0.4, 0.5) is 8.78 Å². The Morgan fingerprint density at radius 2 is 2.00 bits per heavy atom. The first-order valence-corrected chi connectivity index (χ1v) is 3.43. The molecule has 1 aromatic rings.